The van der Waals surface area contributed by atoms with E-state index < -0.39 is 11.4 Å². The van der Waals surface area contributed by atoms with E-state index in [1.54, 1.807) is 22.6 Å². The number of carboxylic acid groups (broad SMARTS) is 1. The van der Waals surface area contributed by atoms with Gasteiger partial charge in [-0.05, 0) is 51.8 Å². The van der Waals surface area contributed by atoms with Crippen LogP contribution in [0.25, 0.3) is 5.69 Å². The van der Waals surface area contributed by atoms with E-state index >= 15 is 0 Å². The molecule has 25 heavy (non-hydrogen) atoms. The van der Waals surface area contributed by atoms with Crippen molar-refractivity contribution in [2.24, 2.45) is 5.41 Å². The van der Waals surface area contributed by atoms with E-state index in [0.717, 1.165) is 16.9 Å². The number of benzene rings is 1. The van der Waals surface area contributed by atoms with Gasteiger partial charge in [0.2, 0.25) is 0 Å². The second-order valence-electron chi connectivity index (χ2n) is 7.11. The molecule has 1 aromatic carbocycles. The lowest BCUT2D eigenvalue weighted by Gasteiger charge is -2.37. The summed E-state index contributed by atoms with van der Waals surface area (Å²) in [6.45, 7) is 6.41. The molecule has 1 aliphatic rings. The quantitative estimate of drug-likeness (QED) is 0.931. The van der Waals surface area contributed by atoms with Gasteiger partial charge in [0, 0.05) is 18.8 Å². The third-order valence-electron chi connectivity index (χ3n) is 4.89. The topological polar surface area (TPSA) is 75.4 Å². The molecule has 1 atom stereocenters. The van der Waals surface area contributed by atoms with Crippen LogP contribution in [0.15, 0.2) is 30.3 Å². The summed E-state index contributed by atoms with van der Waals surface area (Å²) in [7, 11) is 0. The summed E-state index contributed by atoms with van der Waals surface area (Å²) >= 11 is 0. The highest BCUT2D eigenvalue weighted by molar-refractivity contribution is 5.93. The van der Waals surface area contributed by atoms with Crippen molar-refractivity contribution in [2.45, 2.75) is 33.6 Å². The van der Waals surface area contributed by atoms with Crippen LogP contribution in [0.1, 0.15) is 41.5 Å². The van der Waals surface area contributed by atoms with Crippen molar-refractivity contribution >= 4 is 11.9 Å². The van der Waals surface area contributed by atoms with Crippen LogP contribution in [0.5, 0.6) is 0 Å². The van der Waals surface area contributed by atoms with Gasteiger partial charge in [0.05, 0.1) is 11.1 Å². The van der Waals surface area contributed by atoms with Crippen LogP contribution < -0.4 is 0 Å². The van der Waals surface area contributed by atoms with E-state index in [2.05, 4.69) is 5.10 Å². The summed E-state index contributed by atoms with van der Waals surface area (Å²) in [6.07, 6.45) is 1.27. The van der Waals surface area contributed by atoms with Gasteiger partial charge in [-0.15, -0.1) is 0 Å². The van der Waals surface area contributed by atoms with Crippen LogP contribution in [0.3, 0.4) is 0 Å². The standard InChI is InChI=1S/C19H23N3O3/c1-13-5-7-15(8-6-13)22-14(2)11-16(20-22)17(23)21-10-4-9-19(3,12-21)18(24)25/h5-8,11H,4,9-10,12H2,1-3H3,(H,24,25). The molecule has 1 aromatic heterocycles. The Morgan fingerprint density at radius 3 is 2.52 bits per heavy atom. The summed E-state index contributed by atoms with van der Waals surface area (Å²) in [5.41, 5.74) is 2.39. The second-order valence-corrected chi connectivity index (χ2v) is 7.11. The van der Waals surface area contributed by atoms with Crippen molar-refractivity contribution in [1.29, 1.82) is 0 Å². The Labute approximate surface area is 147 Å². The number of carboxylic acids is 1. The van der Waals surface area contributed by atoms with Crippen LogP contribution in [0.2, 0.25) is 0 Å². The zero-order valence-electron chi connectivity index (χ0n) is 14.8. The smallest absolute Gasteiger partial charge is 0.311 e. The molecule has 0 radical (unpaired) electrons. The fraction of sp³-hybridized carbons (Fsp3) is 0.421. The molecule has 1 amide bonds. The molecule has 6 heteroatoms. The highest BCUT2D eigenvalue weighted by atomic mass is 16.4. The number of piperidine rings is 1. The van der Waals surface area contributed by atoms with Crippen LogP contribution in [0.4, 0.5) is 0 Å². The first-order valence-electron chi connectivity index (χ1n) is 8.46. The number of aryl methyl sites for hydroxylation is 2. The molecular weight excluding hydrogens is 318 g/mol. The van der Waals surface area contributed by atoms with E-state index in [-0.39, 0.29) is 12.5 Å². The molecule has 1 saturated heterocycles. The number of hydrogen-bond donors (Lipinski definition) is 1. The first kappa shape index (κ1) is 17.2. The Morgan fingerprint density at radius 2 is 1.88 bits per heavy atom. The van der Waals surface area contributed by atoms with Crippen LogP contribution in [-0.4, -0.2) is 44.8 Å². The molecular formula is C19H23N3O3. The Bertz CT molecular complexity index is 810. The summed E-state index contributed by atoms with van der Waals surface area (Å²) in [4.78, 5) is 25.9. The zero-order chi connectivity index (χ0) is 18.2. The van der Waals surface area contributed by atoms with Gasteiger partial charge in [0.15, 0.2) is 5.69 Å². The minimum absolute atomic E-state index is 0.207. The molecule has 0 bridgehead atoms. The number of aliphatic carboxylic acids is 1. The highest BCUT2D eigenvalue weighted by Crippen LogP contribution is 2.30. The van der Waals surface area contributed by atoms with Gasteiger partial charge in [0.25, 0.3) is 5.91 Å². The molecule has 0 saturated carbocycles. The predicted molar refractivity (Wildman–Crippen MR) is 93.9 cm³/mol. The maximum absolute atomic E-state index is 12.8. The molecule has 1 N–H and O–H groups in total. The summed E-state index contributed by atoms with van der Waals surface area (Å²) < 4.78 is 1.74. The number of hydrogen-bond acceptors (Lipinski definition) is 3. The molecule has 2 aromatic rings. The summed E-state index contributed by atoms with van der Waals surface area (Å²) in [6, 6.07) is 9.69. The third-order valence-corrected chi connectivity index (χ3v) is 4.89. The molecule has 1 unspecified atom stereocenters. The number of carbonyl (C=O) groups is 2. The number of nitrogens with zero attached hydrogens (tertiary/aromatic N) is 3. The van der Waals surface area contributed by atoms with Crippen molar-refractivity contribution in [1.82, 2.24) is 14.7 Å². The summed E-state index contributed by atoms with van der Waals surface area (Å²) in [5.74, 6) is -1.06. The van der Waals surface area contributed by atoms with Crippen molar-refractivity contribution in [2.75, 3.05) is 13.1 Å². The molecule has 0 spiro atoms. The first-order chi connectivity index (χ1) is 11.8. The Hall–Kier alpha value is -2.63. The van der Waals surface area contributed by atoms with E-state index in [9.17, 15) is 14.7 Å². The van der Waals surface area contributed by atoms with Gasteiger partial charge in [-0.2, -0.15) is 5.10 Å². The number of amides is 1. The monoisotopic (exact) mass is 341 g/mol. The third kappa shape index (κ3) is 3.29. The highest BCUT2D eigenvalue weighted by Gasteiger charge is 2.40. The van der Waals surface area contributed by atoms with Crippen molar-refractivity contribution in [3.8, 4) is 5.69 Å². The average molecular weight is 341 g/mol. The maximum Gasteiger partial charge on any atom is 0.311 e. The molecule has 1 aliphatic heterocycles. The van der Waals surface area contributed by atoms with Crippen LogP contribution in [-0.2, 0) is 4.79 Å². The molecule has 132 valence electrons. The summed E-state index contributed by atoms with van der Waals surface area (Å²) in [5, 5.41) is 13.9. The molecule has 0 aliphatic carbocycles. The second kappa shape index (κ2) is 6.35. The lowest BCUT2D eigenvalue weighted by atomic mass is 9.82. The van der Waals surface area contributed by atoms with Gasteiger partial charge in [-0.25, -0.2) is 4.68 Å². The van der Waals surface area contributed by atoms with Gasteiger partial charge in [-0.1, -0.05) is 17.7 Å². The molecule has 1 fully saturated rings. The van der Waals surface area contributed by atoms with Crippen LogP contribution in [0, 0.1) is 19.3 Å². The van der Waals surface area contributed by atoms with Gasteiger partial charge in [-0.3, -0.25) is 9.59 Å². The van der Waals surface area contributed by atoms with Gasteiger partial charge >= 0.3 is 5.97 Å². The minimum Gasteiger partial charge on any atom is -0.481 e. The Balaban J connectivity index is 1.85. The fourth-order valence-corrected chi connectivity index (χ4v) is 3.28. The van der Waals surface area contributed by atoms with E-state index in [4.69, 9.17) is 0 Å². The average Bonchev–Trinajstić information content (AvgIpc) is 2.96. The van der Waals surface area contributed by atoms with Gasteiger partial charge in [0.1, 0.15) is 0 Å². The van der Waals surface area contributed by atoms with Crippen molar-refractivity contribution < 1.29 is 14.7 Å². The van der Waals surface area contributed by atoms with E-state index in [1.165, 1.54) is 0 Å². The Morgan fingerprint density at radius 1 is 1.20 bits per heavy atom. The number of carbonyl (C=O) groups excluding carboxylic acids is 1. The maximum atomic E-state index is 12.8. The minimum atomic E-state index is -0.886. The normalized spacial score (nSPS) is 20.5. The lowest BCUT2D eigenvalue weighted by molar-refractivity contribution is -0.150. The van der Waals surface area contributed by atoms with Crippen molar-refractivity contribution in [3.63, 3.8) is 0 Å². The fourth-order valence-electron chi connectivity index (χ4n) is 3.28. The van der Waals surface area contributed by atoms with Gasteiger partial charge < -0.3 is 10.0 Å². The lowest BCUT2D eigenvalue weighted by Crippen LogP contribution is -2.48. The molecule has 2 heterocycles. The molecule has 6 nitrogen and oxygen atoms in total. The number of likely N-dealkylation sites (tertiary alicyclic amines) is 1. The SMILES string of the molecule is Cc1ccc(-n2nc(C(=O)N3CCCC(C)(C(=O)O)C3)cc2C)cc1. The number of rotatable bonds is 3. The Kier molecular flexibility index (Phi) is 4.37. The largest absolute Gasteiger partial charge is 0.481 e. The first-order valence-corrected chi connectivity index (χ1v) is 8.46. The van der Waals surface area contributed by atoms with Crippen molar-refractivity contribution in [3.05, 3.63) is 47.3 Å². The van der Waals surface area contributed by atoms with E-state index in [1.807, 2.05) is 38.1 Å². The number of aromatic nitrogens is 2. The predicted octanol–water partition coefficient (Wildman–Crippen LogP) is 2.82. The zero-order valence-corrected chi connectivity index (χ0v) is 14.8. The molecule has 3 rings (SSSR count). The van der Waals surface area contributed by atoms with E-state index in [0.29, 0.717) is 25.1 Å². The van der Waals surface area contributed by atoms with Crippen LogP contribution >= 0.6 is 0 Å².